The molecule has 0 saturated heterocycles. The minimum absolute atomic E-state index is 0.115. The Hall–Kier alpha value is -2.86. The molecule has 0 aliphatic carbocycles. The van der Waals surface area contributed by atoms with Crippen molar-refractivity contribution in [1.29, 1.82) is 0 Å². The van der Waals surface area contributed by atoms with Crippen molar-refractivity contribution in [2.45, 2.75) is 32.9 Å². The summed E-state index contributed by atoms with van der Waals surface area (Å²) in [6.07, 6.45) is -0.0631. The summed E-state index contributed by atoms with van der Waals surface area (Å²) in [5.41, 5.74) is 1.75. The molecular formula is C20H20ClN3O3. The van der Waals surface area contributed by atoms with Gasteiger partial charge in [0.25, 0.3) is 5.91 Å². The molecule has 3 aromatic rings. The lowest BCUT2D eigenvalue weighted by molar-refractivity contribution is -0.128. The number of aryl methyl sites for hydroxylation is 1. The Morgan fingerprint density at radius 2 is 2.07 bits per heavy atom. The highest BCUT2D eigenvalue weighted by Gasteiger charge is 2.19. The number of carbonyl (C=O) groups is 1. The van der Waals surface area contributed by atoms with E-state index >= 15 is 0 Å². The summed E-state index contributed by atoms with van der Waals surface area (Å²) in [6.45, 7) is 3.98. The van der Waals surface area contributed by atoms with Crippen LogP contribution in [0.5, 0.6) is 5.75 Å². The minimum atomic E-state index is -0.599. The first-order valence-corrected chi connectivity index (χ1v) is 9.03. The van der Waals surface area contributed by atoms with Crippen LogP contribution in [0.25, 0.3) is 11.4 Å². The Labute approximate surface area is 162 Å². The molecular weight excluding hydrogens is 366 g/mol. The summed E-state index contributed by atoms with van der Waals surface area (Å²) in [5, 5.41) is 7.22. The van der Waals surface area contributed by atoms with Crippen LogP contribution in [-0.2, 0) is 11.3 Å². The average molecular weight is 386 g/mol. The van der Waals surface area contributed by atoms with Gasteiger partial charge in [-0.1, -0.05) is 47.9 Å². The summed E-state index contributed by atoms with van der Waals surface area (Å²) in [5.74, 6) is 1.10. The third-order valence-electron chi connectivity index (χ3n) is 3.93. The van der Waals surface area contributed by atoms with Gasteiger partial charge in [0.15, 0.2) is 6.10 Å². The molecule has 0 fully saturated rings. The highest BCUT2D eigenvalue weighted by atomic mass is 35.5. The highest BCUT2D eigenvalue weighted by Crippen LogP contribution is 2.24. The third-order valence-corrected chi connectivity index (χ3v) is 4.26. The molecule has 1 atom stereocenters. The molecule has 1 unspecified atom stereocenters. The quantitative estimate of drug-likeness (QED) is 0.660. The van der Waals surface area contributed by atoms with Crippen LogP contribution in [0.1, 0.15) is 24.8 Å². The predicted octanol–water partition coefficient (Wildman–Crippen LogP) is 4.17. The fraction of sp³-hybridized carbons (Fsp3) is 0.250. The number of nitrogens with one attached hydrogen (secondary N) is 1. The first-order chi connectivity index (χ1) is 13.1. The summed E-state index contributed by atoms with van der Waals surface area (Å²) in [7, 11) is 0. The molecule has 0 aliphatic heterocycles. The van der Waals surface area contributed by atoms with Gasteiger partial charge in [-0.05, 0) is 43.2 Å². The summed E-state index contributed by atoms with van der Waals surface area (Å²) in [4.78, 5) is 16.7. The number of carbonyl (C=O) groups excluding carboxylic acids is 1. The van der Waals surface area contributed by atoms with Gasteiger partial charge >= 0.3 is 0 Å². The molecule has 27 heavy (non-hydrogen) atoms. The lowest BCUT2D eigenvalue weighted by Gasteiger charge is -2.17. The van der Waals surface area contributed by atoms with Gasteiger partial charge in [0.1, 0.15) is 5.75 Å². The molecule has 6 nitrogen and oxygen atoms in total. The van der Waals surface area contributed by atoms with Crippen molar-refractivity contribution in [1.82, 2.24) is 15.5 Å². The van der Waals surface area contributed by atoms with Crippen LogP contribution < -0.4 is 10.1 Å². The molecule has 1 aromatic heterocycles. The molecule has 3 rings (SSSR count). The van der Waals surface area contributed by atoms with E-state index in [0.29, 0.717) is 34.5 Å². The summed E-state index contributed by atoms with van der Waals surface area (Å²) < 4.78 is 11.0. The molecule has 0 saturated carbocycles. The molecule has 1 N–H and O–H groups in total. The smallest absolute Gasteiger partial charge is 0.261 e. The maximum Gasteiger partial charge on any atom is 0.261 e. The Morgan fingerprint density at radius 1 is 1.26 bits per heavy atom. The van der Waals surface area contributed by atoms with Crippen LogP contribution in [0.15, 0.2) is 53.1 Å². The normalized spacial score (nSPS) is 11.8. The molecule has 140 valence electrons. The number of amides is 1. The number of halogens is 1. The summed E-state index contributed by atoms with van der Waals surface area (Å²) in [6, 6.07) is 14.8. The average Bonchev–Trinajstić information content (AvgIpc) is 3.13. The van der Waals surface area contributed by atoms with Crippen molar-refractivity contribution in [3.8, 4) is 17.1 Å². The number of hydrogen-bond acceptors (Lipinski definition) is 5. The zero-order valence-corrected chi connectivity index (χ0v) is 15.9. The number of aromatic nitrogens is 2. The fourth-order valence-electron chi connectivity index (χ4n) is 2.53. The molecule has 7 heteroatoms. The lowest BCUT2D eigenvalue weighted by Crippen LogP contribution is -2.37. The van der Waals surface area contributed by atoms with Crippen molar-refractivity contribution >= 4 is 17.5 Å². The van der Waals surface area contributed by atoms with Gasteiger partial charge in [0.05, 0.1) is 11.6 Å². The van der Waals surface area contributed by atoms with Gasteiger partial charge < -0.3 is 14.6 Å². The zero-order chi connectivity index (χ0) is 19.2. The topological polar surface area (TPSA) is 77.2 Å². The van der Waals surface area contributed by atoms with Crippen LogP contribution in [0.4, 0.5) is 0 Å². The SMILES string of the molecule is CCC(Oc1cccc(C)c1)C(=O)NCc1nc(-c2ccccc2Cl)no1. The Kier molecular flexibility index (Phi) is 6.08. The predicted molar refractivity (Wildman–Crippen MR) is 102 cm³/mol. The van der Waals surface area contributed by atoms with Gasteiger partial charge in [-0.3, -0.25) is 4.79 Å². The van der Waals surface area contributed by atoms with Gasteiger partial charge in [-0.2, -0.15) is 4.98 Å². The molecule has 0 bridgehead atoms. The number of benzene rings is 2. The van der Waals surface area contributed by atoms with Gasteiger partial charge in [-0.25, -0.2) is 0 Å². The van der Waals surface area contributed by atoms with E-state index in [1.165, 1.54) is 0 Å². The molecule has 2 aromatic carbocycles. The van der Waals surface area contributed by atoms with Crippen molar-refractivity contribution in [3.05, 3.63) is 65.0 Å². The van der Waals surface area contributed by atoms with Gasteiger partial charge in [-0.15, -0.1) is 0 Å². The van der Waals surface area contributed by atoms with E-state index in [9.17, 15) is 4.79 Å². The van der Waals surface area contributed by atoms with E-state index in [1.807, 2.05) is 50.2 Å². The molecule has 1 heterocycles. The third kappa shape index (κ3) is 4.86. The number of ether oxygens (including phenoxy) is 1. The standard InChI is InChI=1S/C20H20ClN3O3/c1-3-17(26-14-8-6-7-13(2)11-14)20(25)22-12-18-23-19(24-27-18)15-9-4-5-10-16(15)21/h4-11,17H,3,12H2,1-2H3,(H,22,25). The maximum atomic E-state index is 12.4. The van der Waals surface area contributed by atoms with Gasteiger partial charge in [0, 0.05) is 5.56 Å². The second-order valence-electron chi connectivity index (χ2n) is 6.04. The second kappa shape index (κ2) is 8.68. The van der Waals surface area contributed by atoms with E-state index in [4.69, 9.17) is 20.9 Å². The number of nitrogens with zero attached hydrogens (tertiary/aromatic N) is 2. The van der Waals surface area contributed by atoms with Crippen LogP contribution >= 0.6 is 11.6 Å². The Morgan fingerprint density at radius 3 is 2.81 bits per heavy atom. The van der Waals surface area contributed by atoms with E-state index in [2.05, 4.69) is 15.5 Å². The highest BCUT2D eigenvalue weighted by molar-refractivity contribution is 6.33. The second-order valence-corrected chi connectivity index (χ2v) is 6.45. The molecule has 0 radical (unpaired) electrons. The maximum absolute atomic E-state index is 12.4. The molecule has 0 aliphatic rings. The minimum Gasteiger partial charge on any atom is -0.481 e. The van der Waals surface area contributed by atoms with Gasteiger partial charge in [0.2, 0.25) is 11.7 Å². The number of hydrogen-bond donors (Lipinski definition) is 1. The monoisotopic (exact) mass is 385 g/mol. The van der Waals surface area contributed by atoms with Crippen molar-refractivity contribution in [2.75, 3.05) is 0 Å². The zero-order valence-electron chi connectivity index (χ0n) is 15.1. The van der Waals surface area contributed by atoms with E-state index in [1.54, 1.807) is 12.1 Å². The Balaban J connectivity index is 1.60. The van der Waals surface area contributed by atoms with Crippen LogP contribution in [0.2, 0.25) is 5.02 Å². The molecule has 1 amide bonds. The Bertz CT molecular complexity index is 926. The number of rotatable bonds is 7. The van der Waals surface area contributed by atoms with E-state index in [0.717, 1.165) is 5.56 Å². The van der Waals surface area contributed by atoms with E-state index < -0.39 is 6.10 Å². The summed E-state index contributed by atoms with van der Waals surface area (Å²) >= 11 is 6.14. The van der Waals surface area contributed by atoms with Crippen molar-refractivity contribution in [2.24, 2.45) is 0 Å². The van der Waals surface area contributed by atoms with E-state index in [-0.39, 0.29) is 12.5 Å². The van der Waals surface area contributed by atoms with Crippen LogP contribution in [0, 0.1) is 6.92 Å². The molecule has 0 spiro atoms. The first-order valence-electron chi connectivity index (χ1n) is 8.65. The lowest BCUT2D eigenvalue weighted by atomic mass is 10.2. The van der Waals surface area contributed by atoms with Crippen molar-refractivity contribution < 1.29 is 14.1 Å². The largest absolute Gasteiger partial charge is 0.481 e. The first kappa shape index (κ1) is 18.9. The van der Waals surface area contributed by atoms with Crippen LogP contribution in [-0.4, -0.2) is 22.2 Å². The van der Waals surface area contributed by atoms with Crippen molar-refractivity contribution in [3.63, 3.8) is 0 Å². The van der Waals surface area contributed by atoms with Crippen LogP contribution in [0.3, 0.4) is 0 Å². The fourth-order valence-corrected chi connectivity index (χ4v) is 2.75.